The van der Waals surface area contributed by atoms with E-state index in [0.717, 1.165) is 33.1 Å². The molecule has 0 unspecified atom stereocenters. The lowest BCUT2D eigenvalue weighted by atomic mass is 10.3. The minimum absolute atomic E-state index is 0.0820. The lowest BCUT2D eigenvalue weighted by molar-refractivity contribution is -0.117. The molecule has 0 saturated heterocycles. The number of hydrogen-bond acceptors (Lipinski definition) is 4. The molecule has 0 aliphatic heterocycles. The van der Waals surface area contributed by atoms with Crippen LogP contribution in [0.2, 0.25) is 0 Å². The Balaban J connectivity index is 2.61. The molecular weight excluding hydrogens is 292 g/mol. The lowest BCUT2D eigenvalue weighted by Gasteiger charge is -2.05. The van der Waals surface area contributed by atoms with Gasteiger partial charge in [-0.1, -0.05) is 18.3 Å². The third kappa shape index (κ3) is 3.24. The quantitative estimate of drug-likeness (QED) is 0.853. The minimum Gasteiger partial charge on any atom is -0.497 e. The first-order valence-electron chi connectivity index (χ1n) is 6.43. The Hall–Kier alpha value is -1.27. The van der Waals surface area contributed by atoms with E-state index < -0.39 is 0 Å². The standard InChI is InChI=1S/C14H18N2O2S2/c1-4-13(17)15-14-16(7-8-19-3)11-9-10(18-2)5-6-12(11)20-14/h5-6,9H,4,7-8H2,1-3H3. The summed E-state index contributed by atoms with van der Waals surface area (Å²) in [6.45, 7) is 2.67. The Kier molecular flexibility index (Phi) is 5.25. The highest BCUT2D eigenvalue weighted by Gasteiger charge is 2.08. The van der Waals surface area contributed by atoms with E-state index in [0.29, 0.717) is 6.42 Å². The minimum atomic E-state index is -0.0820. The number of methoxy groups -OCH3 is 1. The maximum absolute atomic E-state index is 11.6. The van der Waals surface area contributed by atoms with Crippen molar-refractivity contribution < 1.29 is 9.53 Å². The van der Waals surface area contributed by atoms with Gasteiger partial charge in [0.25, 0.3) is 0 Å². The van der Waals surface area contributed by atoms with Gasteiger partial charge in [0.1, 0.15) is 5.75 Å². The summed E-state index contributed by atoms with van der Waals surface area (Å²) in [5, 5.41) is 0. The number of benzene rings is 1. The van der Waals surface area contributed by atoms with Crippen LogP contribution in [-0.4, -0.2) is 29.6 Å². The van der Waals surface area contributed by atoms with Crippen molar-refractivity contribution in [2.45, 2.75) is 19.9 Å². The molecule has 0 aliphatic rings. The normalized spacial score (nSPS) is 12.1. The van der Waals surface area contributed by atoms with E-state index in [1.807, 2.05) is 25.1 Å². The third-order valence-electron chi connectivity index (χ3n) is 2.93. The second-order valence-corrected chi connectivity index (χ2v) is 6.22. The zero-order valence-corrected chi connectivity index (χ0v) is 13.5. The lowest BCUT2D eigenvalue weighted by Crippen LogP contribution is -2.17. The van der Waals surface area contributed by atoms with E-state index in [1.54, 1.807) is 30.2 Å². The van der Waals surface area contributed by atoms with Gasteiger partial charge in [0.05, 0.1) is 17.3 Å². The molecule has 0 spiro atoms. The van der Waals surface area contributed by atoms with Gasteiger partial charge in [-0.25, -0.2) is 0 Å². The molecule has 1 heterocycles. The van der Waals surface area contributed by atoms with E-state index in [1.165, 1.54) is 0 Å². The Bertz CT molecular complexity index is 673. The number of amides is 1. The number of thioether (sulfide) groups is 1. The summed E-state index contributed by atoms with van der Waals surface area (Å²) in [4.78, 5) is 16.6. The van der Waals surface area contributed by atoms with Crippen molar-refractivity contribution in [1.29, 1.82) is 0 Å². The van der Waals surface area contributed by atoms with Gasteiger partial charge >= 0.3 is 0 Å². The summed E-state index contributed by atoms with van der Waals surface area (Å²) in [5.41, 5.74) is 1.08. The summed E-state index contributed by atoms with van der Waals surface area (Å²) < 4.78 is 8.51. The zero-order chi connectivity index (χ0) is 14.5. The number of hydrogen-bond donors (Lipinski definition) is 0. The molecule has 0 N–H and O–H groups in total. The zero-order valence-electron chi connectivity index (χ0n) is 11.9. The number of ether oxygens (including phenoxy) is 1. The summed E-state index contributed by atoms with van der Waals surface area (Å²) in [5.74, 6) is 1.72. The molecule has 0 bridgehead atoms. The van der Waals surface area contributed by atoms with Crippen molar-refractivity contribution in [3.63, 3.8) is 0 Å². The second kappa shape index (κ2) is 6.95. The molecule has 0 saturated carbocycles. The Labute approximate surface area is 126 Å². The van der Waals surface area contributed by atoms with Crippen LogP contribution < -0.4 is 9.54 Å². The molecule has 0 fully saturated rings. The van der Waals surface area contributed by atoms with Gasteiger partial charge in [0, 0.05) is 24.8 Å². The van der Waals surface area contributed by atoms with Crippen LogP contribution in [0.4, 0.5) is 0 Å². The van der Waals surface area contributed by atoms with Crippen LogP contribution >= 0.6 is 23.1 Å². The Morgan fingerprint density at radius 1 is 1.50 bits per heavy atom. The fourth-order valence-electron chi connectivity index (χ4n) is 1.85. The predicted octanol–water partition coefficient (Wildman–Crippen LogP) is 2.91. The molecule has 1 aromatic carbocycles. The first-order valence-corrected chi connectivity index (χ1v) is 8.64. The van der Waals surface area contributed by atoms with Crippen LogP contribution in [-0.2, 0) is 11.3 Å². The molecule has 2 aromatic rings. The van der Waals surface area contributed by atoms with Crippen molar-refractivity contribution in [2.24, 2.45) is 4.99 Å². The SMILES string of the molecule is CCC(=O)N=c1sc2ccc(OC)cc2n1CCSC. The van der Waals surface area contributed by atoms with Crippen LogP contribution in [0, 0.1) is 0 Å². The van der Waals surface area contributed by atoms with Crippen molar-refractivity contribution in [3.05, 3.63) is 23.0 Å². The van der Waals surface area contributed by atoms with Gasteiger partial charge in [0.2, 0.25) is 5.91 Å². The third-order valence-corrected chi connectivity index (χ3v) is 4.58. The molecule has 0 atom stereocenters. The van der Waals surface area contributed by atoms with Gasteiger partial charge < -0.3 is 9.30 Å². The number of rotatable bonds is 5. The molecule has 1 aromatic heterocycles. The van der Waals surface area contributed by atoms with Crippen LogP contribution in [0.25, 0.3) is 10.2 Å². The molecule has 6 heteroatoms. The monoisotopic (exact) mass is 310 g/mol. The largest absolute Gasteiger partial charge is 0.497 e. The van der Waals surface area contributed by atoms with E-state index in [2.05, 4.69) is 15.8 Å². The molecule has 0 aliphatic carbocycles. The average molecular weight is 310 g/mol. The maximum Gasteiger partial charge on any atom is 0.248 e. The first kappa shape index (κ1) is 15.1. The van der Waals surface area contributed by atoms with Gasteiger partial charge in [0.15, 0.2) is 4.80 Å². The number of carbonyl (C=O) groups is 1. The summed E-state index contributed by atoms with van der Waals surface area (Å²) in [6, 6.07) is 5.95. The van der Waals surface area contributed by atoms with E-state index in [-0.39, 0.29) is 5.91 Å². The number of nitrogens with zero attached hydrogens (tertiary/aromatic N) is 2. The molecule has 20 heavy (non-hydrogen) atoms. The fourth-order valence-corrected chi connectivity index (χ4v) is 3.26. The highest BCUT2D eigenvalue weighted by atomic mass is 32.2. The van der Waals surface area contributed by atoms with Gasteiger partial charge in [-0.2, -0.15) is 16.8 Å². The second-order valence-electron chi connectivity index (χ2n) is 4.22. The topological polar surface area (TPSA) is 43.6 Å². The average Bonchev–Trinajstić information content (AvgIpc) is 2.81. The van der Waals surface area contributed by atoms with Crippen molar-refractivity contribution >= 4 is 39.2 Å². The van der Waals surface area contributed by atoms with Crippen molar-refractivity contribution in [1.82, 2.24) is 4.57 Å². The highest BCUT2D eigenvalue weighted by Crippen LogP contribution is 2.23. The van der Waals surface area contributed by atoms with Crippen LogP contribution in [0.5, 0.6) is 5.75 Å². The highest BCUT2D eigenvalue weighted by molar-refractivity contribution is 7.98. The molecular formula is C14H18N2O2S2. The molecule has 108 valence electrons. The van der Waals surface area contributed by atoms with Gasteiger partial charge in [-0.15, -0.1) is 0 Å². The smallest absolute Gasteiger partial charge is 0.248 e. The number of aromatic nitrogens is 1. The summed E-state index contributed by atoms with van der Waals surface area (Å²) >= 11 is 3.33. The molecule has 4 nitrogen and oxygen atoms in total. The molecule has 0 radical (unpaired) electrons. The van der Waals surface area contributed by atoms with E-state index in [9.17, 15) is 4.79 Å². The molecule has 1 amide bonds. The Morgan fingerprint density at radius 2 is 2.30 bits per heavy atom. The fraction of sp³-hybridized carbons (Fsp3) is 0.429. The maximum atomic E-state index is 11.6. The van der Waals surface area contributed by atoms with Crippen molar-refractivity contribution in [3.8, 4) is 5.75 Å². The summed E-state index contributed by atoms with van der Waals surface area (Å²) in [6.07, 6.45) is 2.50. The van der Waals surface area contributed by atoms with E-state index in [4.69, 9.17) is 4.74 Å². The number of thiazole rings is 1. The van der Waals surface area contributed by atoms with E-state index >= 15 is 0 Å². The van der Waals surface area contributed by atoms with Crippen LogP contribution in [0.1, 0.15) is 13.3 Å². The van der Waals surface area contributed by atoms with Crippen LogP contribution in [0.15, 0.2) is 23.2 Å². The molecule has 2 rings (SSSR count). The van der Waals surface area contributed by atoms with Crippen LogP contribution in [0.3, 0.4) is 0 Å². The van der Waals surface area contributed by atoms with Gasteiger partial charge in [-0.05, 0) is 18.4 Å². The Morgan fingerprint density at radius 3 is 2.95 bits per heavy atom. The number of aryl methyl sites for hydroxylation is 1. The number of fused-ring (bicyclic) bond motifs is 1. The predicted molar refractivity (Wildman–Crippen MR) is 85.6 cm³/mol. The van der Waals surface area contributed by atoms with Gasteiger partial charge in [-0.3, -0.25) is 4.79 Å². The van der Waals surface area contributed by atoms with Crippen molar-refractivity contribution in [2.75, 3.05) is 19.1 Å². The number of carbonyl (C=O) groups excluding carboxylic acids is 1. The first-order chi connectivity index (χ1) is 9.69. The summed E-state index contributed by atoms with van der Waals surface area (Å²) in [7, 11) is 1.66.